The predicted molar refractivity (Wildman–Crippen MR) is 68.4 cm³/mol. The first-order chi connectivity index (χ1) is 8.87. The molecule has 1 aromatic carbocycles. The fourth-order valence-corrected chi connectivity index (χ4v) is 1.56. The second kappa shape index (κ2) is 5.09. The van der Waals surface area contributed by atoms with Crippen LogP contribution in [0.25, 0.3) is 11.5 Å². The van der Waals surface area contributed by atoms with Crippen LogP contribution < -0.4 is 5.32 Å². The zero-order valence-corrected chi connectivity index (χ0v) is 11.1. The molecule has 5 heteroatoms. The van der Waals surface area contributed by atoms with Crippen molar-refractivity contribution in [2.24, 2.45) is 0 Å². The number of nitrogens with zero attached hydrogens (tertiary/aromatic N) is 1. The lowest BCUT2D eigenvalue weighted by molar-refractivity contribution is 0.421. The monoisotopic (exact) mass is 266 g/mol. The van der Waals surface area contributed by atoms with Gasteiger partial charge in [0.05, 0.1) is 5.69 Å². The van der Waals surface area contributed by atoms with Crippen molar-refractivity contribution in [3.8, 4) is 11.5 Å². The van der Waals surface area contributed by atoms with Crippen molar-refractivity contribution in [2.45, 2.75) is 32.9 Å². The van der Waals surface area contributed by atoms with Gasteiger partial charge in [-0.1, -0.05) is 6.07 Å². The third-order valence-electron chi connectivity index (χ3n) is 2.53. The molecule has 1 N–H and O–H groups in total. The first-order valence-corrected chi connectivity index (χ1v) is 6.00. The van der Waals surface area contributed by atoms with Crippen molar-refractivity contribution in [3.05, 3.63) is 41.8 Å². The number of benzene rings is 1. The highest BCUT2D eigenvalue weighted by atomic mass is 19.1. The summed E-state index contributed by atoms with van der Waals surface area (Å²) in [7, 11) is 0. The molecule has 1 aromatic heterocycles. The van der Waals surface area contributed by atoms with Gasteiger partial charge in [-0.3, -0.25) is 0 Å². The third-order valence-corrected chi connectivity index (χ3v) is 2.53. The molecule has 0 aliphatic carbocycles. The Bertz CT molecular complexity index is 553. The van der Waals surface area contributed by atoms with Gasteiger partial charge in [-0.05, 0) is 32.9 Å². The van der Waals surface area contributed by atoms with E-state index in [1.165, 1.54) is 24.5 Å². The molecule has 0 spiro atoms. The third kappa shape index (κ3) is 3.38. The van der Waals surface area contributed by atoms with E-state index in [0.29, 0.717) is 12.2 Å². The van der Waals surface area contributed by atoms with Crippen LogP contribution in [-0.4, -0.2) is 10.5 Å². The predicted octanol–water partition coefficient (Wildman–Crippen LogP) is 3.51. The molecule has 1 heterocycles. The zero-order chi connectivity index (χ0) is 14.0. The summed E-state index contributed by atoms with van der Waals surface area (Å²) in [5, 5.41) is 3.22. The Kier molecular flexibility index (Phi) is 3.66. The van der Waals surface area contributed by atoms with E-state index >= 15 is 0 Å². The molecule has 2 aromatic rings. The van der Waals surface area contributed by atoms with Crippen LogP contribution >= 0.6 is 0 Å². The van der Waals surface area contributed by atoms with Crippen LogP contribution in [-0.2, 0) is 6.54 Å². The molecule has 0 aliphatic rings. The SMILES string of the molecule is CC(C)(C)NCc1coc(-c2c(F)cccc2F)n1. The molecule has 102 valence electrons. The van der Waals surface area contributed by atoms with Gasteiger partial charge < -0.3 is 9.73 Å². The van der Waals surface area contributed by atoms with Crippen LogP contribution in [0.2, 0.25) is 0 Å². The van der Waals surface area contributed by atoms with Crippen LogP contribution in [0, 0.1) is 11.6 Å². The molecule has 0 radical (unpaired) electrons. The Hall–Kier alpha value is -1.75. The van der Waals surface area contributed by atoms with E-state index in [0.717, 1.165) is 0 Å². The second-order valence-electron chi connectivity index (χ2n) is 5.34. The standard InChI is InChI=1S/C14H16F2N2O/c1-14(2,3)17-7-9-8-19-13(18-9)12-10(15)5-4-6-11(12)16/h4-6,8,17H,7H2,1-3H3. The molecule has 0 amide bonds. The van der Waals surface area contributed by atoms with Gasteiger partial charge in [0.15, 0.2) is 0 Å². The summed E-state index contributed by atoms with van der Waals surface area (Å²) in [4.78, 5) is 4.10. The maximum Gasteiger partial charge on any atom is 0.232 e. The summed E-state index contributed by atoms with van der Waals surface area (Å²) in [5.41, 5.74) is 0.305. The van der Waals surface area contributed by atoms with Gasteiger partial charge in [0.2, 0.25) is 5.89 Å². The Labute approximate surface area is 110 Å². The number of hydrogen-bond donors (Lipinski definition) is 1. The van der Waals surface area contributed by atoms with Crippen molar-refractivity contribution in [2.75, 3.05) is 0 Å². The summed E-state index contributed by atoms with van der Waals surface area (Å²) in [5.74, 6) is -1.41. The normalized spacial score (nSPS) is 11.8. The maximum absolute atomic E-state index is 13.6. The van der Waals surface area contributed by atoms with E-state index in [9.17, 15) is 8.78 Å². The molecule has 0 bridgehead atoms. The lowest BCUT2D eigenvalue weighted by Gasteiger charge is -2.19. The number of nitrogens with one attached hydrogen (secondary N) is 1. The maximum atomic E-state index is 13.6. The Balaban J connectivity index is 2.22. The fourth-order valence-electron chi connectivity index (χ4n) is 1.56. The molecule has 0 aliphatic heterocycles. The van der Waals surface area contributed by atoms with Gasteiger partial charge in [0.1, 0.15) is 23.5 Å². The summed E-state index contributed by atoms with van der Waals surface area (Å²) in [6.07, 6.45) is 1.40. The molecule has 3 nitrogen and oxygen atoms in total. The number of aromatic nitrogens is 1. The van der Waals surface area contributed by atoms with Crippen LogP contribution in [0.15, 0.2) is 28.9 Å². The first kappa shape index (κ1) is 13.7. The highest BCUT2D eigenvalue weighted by Gasteiger charge is 2.17. The summed E-state index contributed by atoms with van der Waals surface area (Å²) in [6, 6.07) is 3.66. The molecular weight excluding hydrogens is 250 g/mol. The molecule has 0 unspecified atom stereocenters. The van der Waals surface area contributed by atoms with Gasteiger partial charge in [-0.15, -0.1) is 0 Å². The first-order valence-electron chi connectivity index (χ1n) is 6.00. The van der Waals surface area contributed by atoms with E-state index in [1.807, 2.05) is 20.8 Å². The minimum atomic E-state index is -0.683. The number of rotatable bonds is 3. The van der Waals surface area contributed by atoms with E-state index in [2.05, 4.69) is 10.3 Å². The highest BCUT2D eigenvalue weighted by molar-refractivity contribution is 5.55. The van der Waals surface area contributed by atoms with Gasteiger partial charge >= 0.3 is 0 Å². The fraction of sp³-hybridized carbons (Fsp3) is 0.357. The average molecular weight is 266 g/mol. The van der Waals surface area contributed by atoms with E-state index < -0.39 is 11.6 Å². The number of halogens is 2. The Morgan fingerprint density at radius 2 is 1.84 bits per heavy atom. The van der Waals surface area contributed by atoms with Crippen LogP contribution in [0.3, 0.4) is 0 Å². The van der Waals surface area contributed by atoms with Crippen LogP contribution in [0.1, 0.15) is 26.5 Å². The molecule has 0 saturated carbocycles. The smallest absolute Gasteiger partial charge is 0.232 e. The molecule has 0 atom stereocenters. The van der Waals surface area contributed by atoms with Crippen molar-refractivity contribution in [1.29, 1.82) is 0 Å². The summed E-state index contributed by atoms with van der Waals surface area (Å²) >= 11 is 0. The van der Waals surface area contributed by atoms with Gasteiger partial charge in [0.25, 0.3) is 0 Å². The minimum Gasteiger partial charge on any atom is -0.444 e. The Morgan fingerprint density at radius 1 is 1.21 bits per heavy atom. The molecule has 0 fully saturated rings. The zero-order valence-electron chi connectivity index (χ0n) is 11.1. The van der Waals surface area contributed by atoms with Crippen molar-refractivity contribution >= 4 is 0 Å². The van der Waals surface area contributed by atoms with Gasteiger partial charge in [-0.25, -0.2) is 13.8 Å². The molecule has 19 heavy (non-hydrogen) atoms. The van der Waals surface area contributed by atoms with Gasteiger partial charge in [-0.2, -0.15) is 0 Å². The molecule has 0 saturated heterocycles. The highest BCUT2D eigenvalue weighted by Crippen LogP contribution is 2.25. The van der Waals surface area contributed by atoms with E-state index in [4.69, 9.17) is 4.42 Å². The topological polar surface area (TPSA) is 38.1 Å². The molecule has 2 rings (SSSR count). The summed E-state index contributed by atoms with van der Waals surface area (Å²) in [6.45, 7) is 6.53. The summed E-state index contributed by atoms with van der Waals surface area (Å²) < 4.78 is 32.3. The second-order valence-corrected chi connectivity index (χ2v) is 5.34. The van der Waals surface area contributed by atoms with Gasteiger partial charge in [0, 0.05) is 12.1 Å². The van der Waals surface area contributed by atoms with E-state index in [-0.39, 0.29) is 17.0 Å². The number of hydrogen-bond acceptors (Lipinski definition) is 3. The largest absolute Gasteiger partial charge is 0.444 e. The number of oxazole rings is 1. The minimum absolute atomic E-state index is 0.0405. The lowest BCUT2D eigenvalue weighted by atomic mass is 10.1. The molecular formula is C14H16F2N2O. The van der Waals surface area contributed by atoms with E-state index in [1.54, 1.807) is 0 Å². The van der Waals surface area contributed by atoms with Crippen molar-refractivity contribution in [1.82, 2.24) is 10.3 Å². The average Bonchev–Trinajstić information content (AvgIpc) is 2.74. The van der Waals surface area contributed by atoms with Crippen LogP contribution in [0.5, 0.6) is 0 Å². The van der Waals surface area contributed by atoms with Crippen molar-refractivity contribution < 1.29 is 13.2 Å². The quantitative estimate of drug-likeness (QED) is 0.923. The van der Waals surface area contributed by atoms with Crippen LogP contribution in [0.4, 0.5) is 8.78 Å². The van der Waals surface area contributed by atoms with Crippen molar-refractivity contribution in [3.63, 3.8) is 0 Å². The Morgan fingerprint density at radius 3 is 2.42 bits per heavy atom. The lowest BCUT2D eigenvalue weighted by Crippen LogP contribution is -2.35.